The van der Waals surface area contributed by atoms with Crippen LogP contribution in [0.4, 0.5) is 48.3 Å². The van der Waals surface area contributed by atoms with Gasteiger partial charge in [0.15, 0.2) is 0 Å². The Morgan fingerprint density at radius 3 is 1.54 bits per heavy atom. The molecule has 0 aliphatic rings. The average Bonchev–Trinajstić information content (AvgIpc) is 2.45. The van der Waals surface area contributed by atoms with E-state index in [1.807, 2.05) is 0 Å². The van der Waals surface area contributed by atoms with Crippen molar-refractivity contribution in [2.24, 2.45) is 0 Å². The van der Waals surface area contributed by atoms with Crippen LogP contribution in [0, 0.1) is 3.57 Å². The van der Waals surface area contributed by atoms with E-state index in [1.165, 1.54) is 12.1 Å². The van der Waals surface area contributed by atoms with Gasteiger partial charge in [-0.1, -0.05) is 12.1 Å². The highest BCUT2D eigenvalue weighted by molar-refractivity contribution is 14.1. The van der Waals surface area contributed by atoms with E-state index in [4.69, 9.17) is 0 Å². The second-order valence-electron chi connectivity index (χ2n) is 5.20. The molecule has 0 spiro atoms. The van der Waals surface area contributed by atoms with Gasteiger partial charge in [-0.3, -0.25) is 0 Å². The lowest BCUT2D eigenvalue weighted by Gasteiger charge is -2.37. The van der Waals surface area contributed by atoms with E-state index in [-0.39, 0.29) is 0 Å². The third kappa shape index (κ3) is 3.87. The highest BCUT2D eigenvalue weighted by Gasteiger charge is 2.87. The molecule has 1 aromatic carbocycles. The second-order valence-corrected chi connectivity index (χ2v) is 6.44. The van der Waals surface area contributed by atoms with Gasteiger partial charge in [0.2, 0.25) is 0 Å². The maximum Gasteiger partial charge on any atom is 0.460 e. The van der Waals surface area contributed by atoms with Crippen molar-refractivity contribution in [3.05, 3.63) is 33.4 Å². The number of alkyl halides is 11. The fourth-order valence-corrected chi connectivity index (χ4v) is 2.14. The first-order chi connectivity index (χ1) is 11.4. The molecule has 0 radical (unpaired) electrons. The van der Waals surface area contributed by atoms with E-state index in [2.05, 4.69) is 0 Å². The molecule has 0 saturated heterocycles. The third-order valence-electron chi connectivity index (χ3n) is 3.31. The normalized spacial score (nSPS) is 15.9. The summed E-state index contributed by atoms with van der Waals surface area (Å²) in [5, 5.41) is 9.47. The SMILES string of the molecule is OC(CC(F)(F)C(F)(F)C(F)(F)C(F)(F)C(F)(F)F)c1ccc(I)cc1. The van der Waals surface area contributed by atoms with Crippen molar-refractivity contribution in [3.63, 3.8) is 0 Å². The lowest BCUT2D eigenvalue weighted by molar-refractivity contribution is -0.423. The van der Waals surface area contributed by atoms with Gasteiger partial charge >= 0.3 is 29.9 Å². The fraction of sp³-hybridized carbons (Fsp3) is 0.538. The summed E-state index contributed by atoms with van der Waals surface area (Å²) in [7, 11) is 0. The monoisotopic (exact) mass is 516 g/mol. The molecule has 26 heavy (non-hydrogen) atoms. The summed E-state index contributed by atoms with van der Waals surface area (Å²) in [6, 6.07) is 4.37. The number of aliphatic hydroxyl groups is 1. The van der Waals surface area contributed by atoms with Crippen LogP contribution in [0.3, 0.4) is 0 Å². The average molecular weight is 516 g/mol. The highest BCUT2D eigenvalue weighted by atomic mass is 127. The molecule has 0 aliphatic heterocycles. The van der Waals surface area contributed by atoms with Crippen LogP contribution in [0.15, 0.2) is 24.3 Å². The molecule has 1 nitrogen and oxygen atoms in total. The molecule has 0 aliphatic carbocycles. The molecule has 1 N–H and O–H groups in total. The van der Waals surface area contributed by atoms with Crippen molar-refractivity contribution in [1.82, 2.24) is 0 Å². The van der Waals surface area contributed by atoms with Crippen molar-refractivity contribution >= 4 is 22.6 Å². The van der Waals surface area contributed by atoms with E-state index >= 15 is 0 Å². The summed E-state index contributed by atoms with van der Waals surface area (Å²) in [5.74, 6) is -28.1. The predicted octanol–water partition coefficient (Wildman–Crippen LogP) is 5.82. The number of benzene rings is 1. The quantitative estimate of drug-likeness (QED) is 0.374. The smallest absolute Gasteiger partial charge is 0.388 e. The molecular weight excluding hydrogens is 508 g/mol. The Hall–Kier alpha value is -0.860. The maximum atomic E-state index is 13.5. The first-order valence-electron chi connectivity index (χ1n) is 6.40. The van der Waals surface area contributed by atoms with Crippen LogP contribution in [0.5, 0.6) is 0 Å². The Morgan fingerprint density at radius 2 is 1.15 bits per heavy atom. The Bertz CT molecular complexity index is 624. The van der Waals surface area contributed by atoms with Crippen molar-refractivity contribution < 1.29 is 53.4 Å². The molecule has 0 saturated carbocycles. The lowest BCUT2D eigenvalue weighted by atomic mass is 9.92. The van der Waals surface area contributed by atoms with Gasteiger partial charge in [0, 0.05) is 9.99 Å². The molecular formula is C13H8F11IO. The van der Waals surface area contributed by atoms with Crippen LogP contribution in [0.2, 0.25) is 0 Å². The van der Waals surface area contributed by atoms with Crippen LogP contribution in [0.25, 0.3) is 0 Å². The summed E-state index contributed by atoms with van der Waals surface area (Å²) in [6.45, 7) is 0. The molecule has 0 fully saturated rings. The Balaban J connectivity index is 3.21. The molecule has 0 amide bonds. The molecule has 1 atom stereocenters. The summed E-state index contributed by atoms with van der Waals surface area (Å²) in [5.41, 5.74) is -0.452. The van der Waals surface area contributed by atoms with E-state index in [9.17, 15) is 53.4 Å². The Kier molecular flexibility index (Phi) is 6.19. The maximum absolute atomic E-state index is 13.5. The largest absolute Gasteiger partial charge is 0.460 e. The molecule has 0 aromatic heterocycles. The van der Waals surface area contributed by atoms with Gasteiger partial charge in [-0.2, -0.15) is 48.3 Å². The molecule has 0 bridgehead atoms. The molecule has 1 unspecified atom stereocenters. The topological polar surface area (TPSA) is 20.2 Å². The van der Waals surface area contributed by atoms with E-state index < -0.39 is 48.0 Å². The molecule has 1 rings (SSSR count). The van der Waals surface area contributed by atoms with Crippen LogP contribution < -0.4 is 0 Å². The third-order valence-corrected chi connectivity index (χ3v) is 4.03. The van der Waals surface area contributed by atoms with Crippen molar-refractivity contribution in [3.8, 4) is 0 Å². The van der Waals surface area contributed by atoms with Crippen LogP contribution >= 0.6 is 22.6 Å². The predicted molar refractivity (Wildman–Crippen MR) is 74.6 cm³/mol. The van der Waals surface area contributed by atoms with Gasteiger partial charge in [0.1, 0.15) is 0 Å². The van der Waals surface area contributed by atoms with Gasteiger partial charge in [0.05, 0.1) is 6.10 Å². The fourth-order valence-electron chi connectivity index (χ4n) is 1.78. The lowest BCUT2D eigenvalue weighted by Crippen LogP contribution is -2.66. The molecule has 150 valence electrons. The molecule has 13 heteroatoms. The van der Waals surface area contributed by atoms with E-state index in [0.717, 1.165) is 12.1 Å². The first kappa shape index (κ1) is 23.2. The van der Waals surface area contributed by atoms with Crippen LogP contribution in [-0.4, -0.2) is 35.0 Å². The van der Waals surface area contributed by atoms with E-state index in [1.54, 1.807) is 22.6 Å². The summed E-state index contributed by atoms with van der Waals surface area (Å²) in [6.07, 6.45) is -12.2. The standard InChI is InChI=1S/C13H8F11IO/c14-9(15,5-8(26)6-1-3-7(25)4-2-6)10(16,17)11(18,19)12(20,21)13(22,23)24/h1-4,8,26H,5H2. The van der Waals surface area contributed by atoms with E-state index in [0.29, 0.717) is 3.57 Å². The summed E-state index contributed by atoms with van der Waals surface area (Å²) < 4.78 is 142. The number of halogens is 12. The number of hydrogen-bond donors (Lipinski definition) is 1. The molecule has 1 aromatic rings. The van der Waals surface area contributed by atoms with Crippen molar-refractivity contribution in [2.75, 3.05) is 0 Å². The summed E-state index contributed by atoms with van der Waals surface area (Å²) in [4.78, 5) is 0. The van der Waals surface area contributed by atoms with Gasteiger partial charge < -0.3 is 5.11 Å². The number of aliphatic hydroxyl groups excluding tert-OH is 1. The summed E-state index contributed by atoms with van der Waals surface area (Å²) >= 11 is 1.75. The van der Waals surface area contributed by atoms with Gasteiger partial charge in [-0.15, -0.1) is 0 Å². The van der Waals surface area contributed by atoms with Crippen LogP contribution in [0.1, 0.15) is 18.1 Å². The Morgan fingerprint density at radius 1 is 0.731 bits per heavy atom. The minimum atomic E-state index is -7.46. The minimum absolute atomic E-state index is 0.452. The van der Waals surface area contributed by atoms with Crippen LogP contribution in [-0.2, 0) is 0 Å². The molecule has 0 heterocycles. The second kappa shape index (κ2) is 6.95. The van der Waals surface area contributed by atoms with Gasteiger partial charge in [0.25, 0.3) is 0 Å². The highest BCUT2D eigenvalue weighted by Crippen LogP contribution is 2.58. The first-order valence-corrected chi connectivity index (χ1v) is 7.48. The zero-order valence-electron chi connectivity index (χ0n) is 12.1. The van der Waals surface area contributed by atoms with Crippen molar-refractivity contribution in [2.45, 2.75) is 42.4 Å². The van der Waals surface area contributed by atoms with Crippen molar-refractivity contribution in [1.29, 1.82) is 0 Å². The Labute approximate surface area is 152 Å². The number of rotatable bonds is 6. The van der Waals surface area contributed by atoms with Gasteiger partial charge in [-0.05, 0) is 40.3 Å². The minimum Gasteiger partial charge on any atom is -0.388 e. The number of hydrogen-bond acceptors (Lipinski definition) is 1. The van der Waals surface area contributed by atoms with Gasteiger partial charge in [-0.25, -0.2) is 0 Å². The zero-order chi connectivity index (χ0) is 20.8. The zero-order valence-corrected chi connectivity index (χ0v) is 14.2.